The summed E-state index contributed by atoms with van der Waals surface area (Å²) >= 11 is 0. The molecule has 6 nitrogen and oxygen atoms in total. The summed E-state index contributed by atoms with van der Waals surface area (Å²) in [4.78, 5) is 11.1. The van der Waals surface area contributed by atoms with Gasteiger partial charge in [-0.3, -0.25) is 4.79 Å². The monoisotopic (exact) mass is 205 g/mol. The largest absolute Gasteiger partial charge is 0.387 e. The smallest absolute Gasteiger partial charge is 0.252 e. The van der Waals surface area contributed by atoms with Crippen LogP contribution in [-0.4, -0.2) is 47.3 Å². The molecular weight excluding hydrogens is 190 g/mol. The summed E-state index contributed by atoms with van der Waals surface area (Å²) in [6.45, 7) is 1.64. The number of rotatable bonds is 3. The van der Waals surface area contributed by atoms with Crippen LogP contribution in [0.5, 0.6) is 0 Å². The zero-order valence-corrected chi connectivity index (χ0v) is 8.14. The lowest BCUT2D eigenvalue weighted by atomic mass is 9.92. The third-order valence-electron chi connectivity index (χ3n) is 2.58. The van der Waals surface area contributed by atoms with Crippen LogP contribution in [0.25, 0.3) is 0 Å². The number of methoxy groups -OCH3 is 1. The van der Waals surface area contributed by atoms with E-state index in [0.717, 1.165) is 0 Å². The van der Waals surface area contributed by atoms with Crippen molar-refractivity contribution in [3.05, 3.63) is 0 Å². The fraction of sp³-hybridized carbons (Fsp3) is 0.875. The van der Waals surface area contributed by atoms with Gasteiger partial charge in [0.2, 0.25) is 0 Å². The van der Waals surface area contributed by atoms with E-state index in [1.165, 1.54) is 7.11 Å². The van der Waals surface area contributed by atoms with Crippen LogP contribution in [0.2, 0.25) is 0 Å². The van der Waals surface area contributed by atoms with Gasteiger partial charge in [-0.2, -0.15) is 0 Å². The lowest BCUT2D eigenvalue weighted by Gasteiger charge is -2.26. The molecule has 1 amide bonds. The Labute approximate surface area is 81.6 Å². The minimum atomic E-state index is -1.54. The molecule has 0 radical (unpaired) electrons. The van der Waals surface area contributed by atoms with Crippen LogP contribution in [0.15, 0.2) is 0 Å². The number of primary amides is 1. The molecule has 0 aromatic rings. The van der Waals surface area contributed by atoms with E-state index in [0.29, 0.717) is 0 Å². The normalized spacial score (nSPS) is 42.7. The van der Waals surface area contributed by atoms with Gasteiger partial charge in [0.1, 0.15) is 12.2 Å². The number of carbonyl (C=O) groups is 1. The van der Waals surface area contributed by atoms with Crippen molar-refractivity contribution in [2.75, 3.05) is 7.11 Å². The molecule has 0 bridgehead atoms. The molecule has 4 N–H and O–H groups in total. The molecule has 0 aromatic heterocycles. The van der Waals surface area contributed by atoms with Gasteiger partial charge in [0.15, 0.2) is 11.9 Å². The predicted molar refractivity (Wildman–Crippen MR) is 46.1 cm³/mol. The molecule has 6 heteroatoms. The molecular formula is C8H15NO5. The summed E-state index contributed by atoms with van der Waals surface area (Å²) in [5.41, 5.74) is 3.58. The van der Waals surface area contributed by atoms with Crippen LogP contribution in [0, 0.1) is 0 Å². The quantitative estimate of drug-likeness (QED) is 0.512. The fourth-order valence-corrected chi connectivity index (χ4v) is 1.63. The number of amides is 1. The van der Waals surface area contributed by atoms with Crippen molar-refractivity contribution in [3.63, 3.8) is 0 Å². The first kappa shape index (κ1) is 11.4. The highest BCUT2D eigenvalue weighted by molar-refractivity contribution is 5.84. The summed E-state index contributed by atoms with van der Waals surface area (Å²) in [6, 6.07) is 0. The maximum Gasteiger partial charge on any atom is 0.252 e. The van der Waals surface area contributed by atoms with E-state index < -0.39 is 30.0 Å². The number of nitrogens with two attached hydrogens (primary N) is 1. The first-order valence-corrected chi connectivity index (χ1v) is 4.36. The van der Waals surface area contributed by atoms with Crippen LogP contribution in [0.4, 0.5) is 0 Å². The molecule has 82 valence electrons. The van der Waals surface area contributed by atoms with Crippen LogP contribution in [0.1, 0.15) is 13.3 Å². The van der Waals surface area contributed by atoms with E-state index in [2.05, 4.69) is 0 Å². The summed E-state index contributed by atoms with van der Waals surface area (Å²) in [5.74, 6) is -0.800. The second-order valence-corrected chi connectivity index (χ2v) is 3.26. The van der Waals surface area contributed by atoms with Crippen molar-refractivity contribution in [1.29, 1.82) is 0 Å². The van der Waals surface area contributed by atoms with E-state index in [9.17, 15) is 15.0 Å². The average Bonchev–Trinajstić information content (AvgIpc) is 2.42. The Hall–Kier alpha value is -0.690. The first-order chi connectivity index (χ1) is 6.49. The predicted octanol–water partition coefficient (Wildman–Crippen LogP) is -1.65. The van der Waals surface area contributed by atoms with E-state index >= 15 is 0 Å². The highest BCUT2D eigenvalue weighted by Crippen LogP contribution is 2.34. The van der Waals surface area contributed by atoms with Crippen molar-refractivity contribution in [1.82, 2.24) is 0 Å². The molecule has 0 saturated carbocycles. The van der Waals surface area contributed by atoms with Gasteiger partial charge in [-0.25, -0.2) is 0 Å². The van der Waals surface area contributed by atoms with Gasteiger partial charge in [-0.05, 0) is 6.42 Å². The molecule has 1 rings (SSSR count). The van der Waals surface area contributed by atoms with Gasteiger partial charge >= 0.3 is 0 Å². The molecule has 1 fully saturated rings. The molecule has 1 aliphatic rings. The second-order valence-electron chi connectivity index (χ2n) is 3.26. The number of carbonyl (C=O) groups excluding carboxylic acids is 1. The Morgan fingerprint density at radius 2 is 2.21 bits per heavy atom. The number of aliphatic hydroxyl groups excluding tert-OH is 2. The van der Waals surface area contributed by atoms with Crippen LogP contribution >= 0.6 is 0 Å². The Morgan fingerprint density at radius 3 is 2.43 bits per heavy atom. The Bertz CT molecular complexity index is 234. The van der Waals surface area contributed by atoms with Gasteiger partial charge in [-0.15, -0.1) is 0 Å². The summed E-state index contributed by atoms with van der Waals surface area (Å²) in [5, 5.41) is 19.1. The van der Waals surface area contributed by atoms with Crippen LogP contribution < -0.4 is 5.73 Å². The van der Waals surface area contributed by atoms with Gasteiger partial charge in [0.05, 0.1) is 0 Å². The molecule has 0 aliphatic carbocycles. The number of hydrogen-bond acceptors (Lipinski definition) is 5. The Morgan fingerprint density at radius 1 is 1.64 bits per heavy atom. The molecule has 0 aromatic carbocycles. The van der Waals surface area contributed by atoms with E-state index in [1.54, 1.807) is 6.92 Å². The lowest BCUT2D eigenvalue weighted by Crippen LogP contribution is -2.52. The number of aliphatic hydroxyl groups is 2. The first-order valence-electron chi connectivity index (χ1n) is 4.36. The zero-order valence-electron chi connectivity index (χ0n) is 8.14. The SMILES string of the molecule is CC[C@]1(C(N)=O)O[C@H](OC)[C@H](O)[C@@H]1O. The zero-order chi connectivity index (χ0) is 10.9. The summed E-state index contributed by atoms with van der Waals surface area (Å²) in [7, 11) is 1.31. The van der Waals surface area contributed by atoms with Crippen LogP contribution in [0.3, 0.4) is 0 Å². The molecule has 0 spiro atoms. The van der Waals surface area contributed by atoms with Gasteiger partial charge in [0, 0.05) is 7.11 Å². The molecule has 1 aliphatic heterocycles. The highest BCUT2D eigenvalue weighted by Gasteiger charge is 2.57. The standard InChI is InChI=1S/C8H15NO5/c1-3-8(7(9)12)5(11)4(10)6(13-2)14-8/h4-6,10-11H,3H2,1-2H3,(H2,9,12)/t4-,5+,6+,8+/m1/s1. The molecule has 0 unspecified atom stereocenters. The summed E-state index contributed by atoms with van der Waals surface area (Å²) in [6.07, 6.45) is -3.44. The van der Waals surface area contributed by atoms with E-state index in [4.69, 9.17) is 15.2 Å². The van der Waals surface area contributed by atoms with Crippen molar-refractivity contribution in [2.24, 2.45) is 5.73 Å². The topological polar surface area (TPSA) is 102 Å². The summed E-state index contributed by atoms with van der Waals surface area (Å²) < 4.78 is 9.90. The Kier molecular flexibility index (Phi) is 3.10. The third kappa shape index (κ3) is 1.40. The maximum atomic E-state index is 11.1. The molecule has 1 saturated heterocycles. The second kappa shape index (κ2) is 3.82. The minimum absolute atomic E-state index is 0.181. The number of ether oxygens (including phenoxy) is 2. The highest BCUT2D eigenvalue weighted by atomic mass is 16.7. The van der Waals surface area contributed by atoms with Crippen molar-refractivity contribution < 1.29 is 24.5 Å². The minimum Gasteiger partial charge on any atom is -0.387 e. The van der Waals surface area contributed by atoms with Gasteiger partial charge in [0.25, 0.3) is 5.91 Å². The fourth-order valence-electron chi connectivity index (χ4n) is 1.63. The third-order valence-corrected chi connectivity index (χ3v) is 2.58. The molecule has 1 heterocycles. The molecule has 14 heavy (non-hydrogen) atoms. The van der Waals surface area contributed by atoms with Crippen molar-refractivity contribution >= 4 is 5.91 Å². The van der Waals surface area contributed by atoms with Gasteiger partial charge < -0.3 is 25.4 Å². The van der Waals surface area contributed by atoms with Gasteiger partial charge in [-0.1, -0.05) is 6.92 Å². The number of hydrogen-bond donors (Lipinski definition) is 3. The molecule has 4 atom stereocenters. The van der Waals surface area contributed by atoms with Crippen molar-refractivity contribution in [2.45, 2.75) is 37.4 Å². The lowest BCUT2D eigenvalue weighted by molar-refractivity contribution is -0.185. The van der Waals surface area contributed by atoms with E-state index in [1.807, 2.05) is 0 Å². The van der Waals surface area contributed by atoms with Crippen LogP contribution in [-0.2, 0) is 14.3 Å². The van der Waals surface area contributed by atoms with Crippen molar-refractivity contribution in [3.8, 4) is 0 Å². The average molecular weight is 205 g/mol. The van der Waals surface area contributed by atoms with E-state index in [-0.39, 0.29) is 6.42 Å². The Balaban J connectivity index is 2.95. The maximum absolute atomic E-state index is 11.1.